The van der Waals surface area contributed by atoms with Crippen LogP contribution in [0, 0.1) is 13.8 Å². The molecule has 7 heteroatoms. The van der Waals surface area contributed by atoms with Gasteiger partial charge in [0.05, 0.1) is 21.3 Å². The standard InChI is InChI=1S/C24H27NO6/c1-14-19-6-8-21(30-5)15(2)23(19)31-24(27)20(14)7-9-22(26)25-13-16-10-17(28-3)12-18(11-16)29-4/h6,8,10-12H,7,9,13H2,1-5H3,(H,25,26). The molecule has 31 heavy (non-hydrogen) atoms. The van der Waals surface area contributed by atoms with Crippen LogP contribution in [0.2, 0.25) is 0 Å². The molecule has 0 aliphatic rings. The third kappa shape index (κ3) is 4.82. The Morgan fingerprint density at radius 2 is 1.65 bits per heavy atom. The highest BCUT2D eigenvalue weighted by Gasteiger charge is 2.16. The first-order chi connectivity index (χ1) is 14.9. The van der Waals surface area contributed by atoms with E-state index in [9.17, 15) is 9.59 Å². The first-order valence-electron chi connectivity index (χ1n) is 9.96. The predicted octanol–water partition coefficient (Wildman–Crippen LogP) is 3.68. The summed E-state index contributed by atoms with van der Waals surface area (Å²) in [6, 6.07) is 9.16. The first-order valence-corrected chi connectivity index (χ1v) is 9.96. The van der Waals surface area contributed by atoms with E-state index in [1.165, 1.54) is 0 Å². The number of hydrogen-bond acceptors (Lipinski definition) is 6. The number of amides is 1. The second kappa shape index (κ2) is 9.55. The number of carbonyl (C=O) groups excluding carboxylic acids is 1. The van der Waals surface area contributed by atoms with Crippen LogP contribution in [0.15, 0.2) is 39.5 Å². The van der Waals surface area contributed by atoms with E-state index >= 15 is 0 Å². The van der Waals surface area contributed by atoms with Gasteiger partial charge in [-0.2, -0.15) is 0 Å². The number of benzene rings is 2. The maximum Gasteiger partial charge on any atom is 0.339 e. The van der Waals surface area contributed by atoms with Crippen LogP contribution in [0.25, 0.3) is 11.0 Å². The predicted molar refractivity (Wildman–Crippen MR) is 118 cm³/mol. The van der Waals surface area contributed by atoms with Crippen LogP contribution in [-0.4, -0.2) is 27.2 Å². The number of methoxy groups -OCH3 is 3. The third-order valence-electron chi connectivity index (χ3n) is 5.38. The molecule has 1 amide bonds. The second-order valence-electron chi connectivity index (χ2n) is 7.26. The van der Waals surface area contributed by atoms with Crippen molar-refractivity contribution in [2.24, 2.45) is 0 Å². The first kappa shape index (κ1) is 22.2. The highest BCUT2D eigenvalue weighted by atomic mass is 16.5. The molecule has 0 saturated carbocycles. The number of hydrogen-bond donors (Lipinski definition) is 1. The molecule has 0 atom stereocenters. The summed E-state index contributed by atoms with van der Waals surface area (Å²) in [7, 11) is 4.73. The van der Waals surface area contributed by atoms with Gasteiger partial charge in [-0.3, -0.25) is 4.79 Å². The molecule has 0 radical (unpaired) electrons. The number of fused-ring (bicyclic) bond motifs is 1. The van der Waals surface area contributed by atoms with E-state index in [0.29, 0.717) is 41.4 Å². The van der Waals surface area contributed by atoms with Gasteiger partial charge in [0.2, 0.25) is 5.91 Å². The van der Waals surface area contributed by atoms with Crippen LogP contribution in [0.1, 0.15) is 28.7 Å². The van der Waals surface area contributed by atoms with Crippen molar-refractivity contribution in [3.8, 4) is 17.2 Å². The monoisotopic (exact) mass is 425 g/mol. The SMILES string of the molecule is COc1cc(CNC(=O)CCc2c(C)c3ccc(OC)c(C)c3oc2=O)cc(OC)c1. The Balaban J connectivity index is 1.71. The molecule has 0 bridgehead atoms. The molecular weight excluding hydrogens is 398 g/mol. The van der Waals surface area contributed by atoms with Crippen LogP contribution >= 0.6 is 0 Å². The quantitative estimate of drug-likeness (QED) is 0.554. The number of ether oxygens (including phenoxy) is 3. The Kier molecular flexibility index (Phi) is 6.84. The number of rotatable bonds is 8. The summed E-state index contributed by atoms with van der Waals surface area (Å²) in [5.41, 5.74) is 3.06. The van der Waals surface area contributed by atoms with Crippen molar-refractivity contribution < 1.29 is 23.4 Å². The van der Waals surface area contributed by atoms with Crippen LogP contribution < -0.4 is 25.2 Å². The summed E-state index contributed by atoms with van der Waals surface area (Å²) in [6.07, 6.45) is 0.468. The average molecular weight is 425 g/mol. The van der Waals surface area contributed by atoms with Gasteiger partial charge in [0.15, 0.2) is 0 Å². The maximum atomic E-state index is 12.6. The normalized spacial score (nSPS) is 10.7. The van der Waals surface area contributed by atoms with Crippen LogP contribution in [0.5, 0.6) is 17.2 Å². The van der Waals surface area contributed by atoms with Gasteiger partial charge in [-0.05, 0) is 55.7 Å². The van der Waals surface area contributed by atoms with Gasteiger partial charge in [0.1, 0.15) is 22.8 Å². The Morgan fingerprint density at radius 3 is 2.26 bits per heavy atom. The van der Waals surface area contributed by atoms with E-state index in [4.69, 9.17) is 18.6 Å². The summed E-state index contributed by atoms with van der Waals surface area (Å²) in [6.45, 7) is 4.06. The summed E-state index contributed by atoms with van der Waals surface area (Å²) >= 11 is 0. The van der Waals surface area contributed by atoms with E-state index in [2.05, 4.69) is 5.32 Å². The second-order valence-corrected chi connectivity index (χ2v) is 7.26. The van der Waals surface area contributed by atoms with E-state index in [1.54, 1.807) is 27.4 Å². The van der Waals surface area contributed by atoms with E-state index in [0.717, 1.165) is 22.1 Å². The summed E-state index contributed by atoms with van der Waals surface area (Å²) in [5.74, 6) is 1.81. The molecule has 1 N–H and O–H groups in total. The van der Waals surface area contributed by atoms with Crippen LogP contribution in [-0.2, 0) is 17.8 Å². The highest BCUT2D eigenvalue weighted by molar-refractivity contribution is 5.85. The zero-order valence-corrected chi connectivity index (χ0v) is 18.5. The van der Waals surface area contributed by atoms with E-state index in [-0.39, 0.29) is 12.3 Å². The Bertz CT molecular complexity index is 1140. The minimum Gasteiger partial charge on any atom is -0.497 e. The van der Waals surface area contributed by atoms with Crippen LogP contribution in [0.4, 0.5) is 0 Å². The molecule has 164 valence electrons. The van der Waals surface area contributed by atoms with Crippen molar-refractivity contribution in [2.75, 3.05) is 21.3 Å². The molecule has 7 nitrogen and oxygen atoms in total. The van der Waals surface area contributed by atoms with Crippen molar-refractivity contribution >= 4 is 16.9 Å². The van der Waals surface area contributed by atoms with Gasteiger partial charge in [0, 0.05) is 35.5 Å². The lowest BCUT2D eigenvalue weighted by atomic mass is 10.00. The van der Waals surface area contributed by atoms with Crippen molar-refractivity contribution in [3.63, 3.8) is 0 Å². The lowest BCUT2D eigenvalue weighted by Gasteiger charge is -2.12. The fourth-order valence-electron chi connectivity index (χ4n) is 3.58. The molecule has 2 aromatic carbocycles. The van der Waals surface area contributed by atoms with Gasteiger partial charge < -0.3 is 23.9 Å². The van der Waals surface area contributed by atoms with Crippen molar-refractivity contribution in [2.45, 2.75) is 33.2 Å². The zero-order valence-electron chi connectivity index (χ0n) is 18.5. The summed E-state index contributed by atoms with van der Waals surface area (Å²) in [5, 5.41) is 3.72. The zero-order chi connectivity index (χ0) is 22.5. The molecular formula is C24H27NO6. The van der Waals surface area contributed by atoms with E-state index < -0.39 is 5.63 Å². The van der Waals surface area contributed by atoms with E-state index in [1.807, 2.05) is 38.1 Å². The van der Waals surface area contributed by atoms with Gasteiger partial charge in [-0.15, -0.1) is 0 Å². The Morgan fingerprint density at radius 1 is 0.968 bits per heavy atom. The molecule has 0 fully saturated rings. The molecule has 0 unspecified atom stereocenters. The molecule has 0 aliphatic heterocycles. The van der Waals surface area contributed by atoms with Crippen molar-refractivity contribution in [3.05, 3.63) is 63.0 Å². The molecule has 1 aromatic heterocycles. The molecule has 0 spiro atoms. The Labute approximate surface area is 180 Å². The number of carbonyl (C=O) groups is 1. The molecule has 0 saturated heterocycles. The summed E-state index contributed by atoms with van der Waals surface area (Å²) < 4.78 is 21.4. The fourth-order valence-corrected chi connectivity index (χ4v) is 3.58. The van der Waals surface area contributed by atoms with Gasteiger partial charge in [0.25, 0.3) is 0 Å². The lowest BCUT2D eigenvalue weighted by Crippen LogP contribution is -2.24. The molecule has 3 aromatic rings. The molecule has 3 rings (SSSR count). The fraction of sp³-hybridized carbons (Fsp3) is 0.333. The van der Waals surface area contributed by atoms with Crippen LogP contribution in [0.3, 0.4) is 0 Å². The minimum absolute atomic E-state index is 0.161. The molecule has 1 heterocycles. The topological polar surface area (TPSA) is 87.0 Å². The lowest BCUT2D eigenvalue weighted by molar-refractivity contribution is -0.121. The number of nitrogens with one attached hydrogen (secondary N) is 1. The van der Waals surface area contributed by atoms with Gasteiger partial charge >= 0.3 is 5.63 Å². The maximum absolute atomic E-state index is 12.6. The van der Waals surface area contributed by atoms with Gasteiger partial charge in [-0.1, -0.05) is 0 Å². The smallest absolute Gasteiger partial charge is 0.339 e. The van der Waals surface area contributed by atoms with Crippen molar-refractivity contribution in [1.29, 1.82) is 0 Å². The number of aryl methyl sites for hydroxylation is 2. The summed E-state index contributed by atoms with van der Waals surface area (Å²) in [4.78, 5) is 25.0. The largest absolute Gasteiger partial charge is 0.497 e. The average Bonchev–Trinajstić information content (AvgIpc) is 2.78. The molecule has 0 aliphatic carbocycles. The van der Waals surface area contributed by atoms with Gasteiger partial charge in [-0.25, -0.2) is 4.79 Å². The third-order valence-corrected chi connectivity index (χ3v) is 5.38. The Hall–Kier alpha value is -3.48. The van der Waals surface area contributed by atoms with Crippen molar-refractivity contribution in [1.82, 2.24) is 5.32 Å². The minimum atomic E-state index is -0.424. The highest BCUT2D eigenvalue weighted by Crippen LogP contribution is 2.29.